The number of carbonyl (C=O) groups is 2. The van der Waals surface area contributed by atoms with Crippen molar-refractivity contribution in [3.8, 4) is 11.5 Å². The number of benzene rings is 1. The Morgan fingerprint density at radius 3 is 2.88 bits per heavy atom. The lowest BCUT2D eigenvalue weighted by molar-refractivity contribution is -0.147. The highest BCUT2D eigenvalue weighted by atomic mass is 16.5. The molecule has 1 aromatic carbocycles. The van der Waals surface area contributed by atoms with Gasteiger partial charge in [-0.05, 0) is 37.9 Å². The van der Waals surface area contributed by atoms with Crippen molar-refractivity contribution in [1.82, 2.24) is 10.6 Å². The number of esters is 1. The van der Waals surface area contributed by atoms with Crippen LogP contribution >= 0.6 is 0 Å². The molecular formula is C18H26N2O5. The third-order valence-corrected chi connectivity index (χ3v) is 4.07. The summed E-state index contributed by atoms with van der Waals surface area (Å²) in [5, 5.41) is 5.69. The Hall–Kier alpha value is -2.28. The minimum Gasteiger partial charge on any atom is -0.496 e. The topological polar surface area (TPSA) is 85.9 Å². The van der Waals surface area contributed by atoms with Crippen LogP contribution in [0.15, 0.2) is 18.2 Å². The van der Waals surface area contributed by atoms with Gasteiger partial charge in [0.15, 0.2) is 0 Å². The van der Waals surface area contributed by atoms with Crippen LogP contribution in [0, 0.1) is 0 Å². The van der Waals surface area contributed by atoms with E-state index in [0.29, 0.717) is 30.9 Å². The molecule has 0 radical (unpaired) electrons. The molecule has 1 aromatic rings. The lowest BCUT2D eigenvalue weighted by Gasteiger charge is -2.14. The van der Waals surface area contributed by atoms with Gasteiger partial charge in [0.2, 0.25) is 5.91 Å². The van der Waals surface area contributed by atoms with Crippen LogP contribution in [0.2, 0.25) is 0 Å². The quantitative estimate of drug-likeness (QED) is 0.517. The van der Waals surface area contributed by atoms with Crippen molar-refractivity contribution >= 4 is 11.9 Å². The zero-order valence-corrected chi connectivity index (χ0v) is 14.8. The van der Waals surface area contributed by atoms with Crippen LogP contribution in [0.1, 0.15) is 31.2 Å². The number of hydrogen-bond donors (Lipinski definition) is 2. The van der Waals surface area contributed by atoms with Crippen molar-refractivity contribution in [3.63, 3.8) is 0 Å². The molecule has 2 rings (SSSR count). The minimum absolute atomic E-state index is 0.00454. The van der Waals surface area contributed by atoms with Gasteiger partial charge in [-0.15, -0.1) is 0 Å². The van der Waals surface area contributed by atoms with Gasteiger partial charge < -0.3 is 24.8 Å². The summed E-state index contributed by atoms with van der Waals surface area (Å²) in [6.45, 7) is 1.46. The monoisotopic (exact) mass is 350 g/mol. The van der Waals surface area contributed by atoms with Crippen molar-refractivity contribution in [2.75, 3.05) is 27.3 Å². The molecule has 7 nitrogen and oxygen atoms in total. The van der Waals surface area contributed by atoms with E-state index in [-0.39, 0.29) is 24.5 Å². The van der Waals surface area contributed by atoms with Crippen molar-refractivity contribution in [3.05, 3.63) is 23.8 Å². The fraction of sp³-hybridized carbons (Fsp3) is 0.556. The first-order valence-electron chi connectivity index (χ1n) is 8.54. The first-order valence-corrected chi connectivity index (χ1v) is 8.54. The standard InChI is InChI=1S/C18H26N2O5/c1-19-17(21)6-4-10-24-14-8-7-13(16(11-14)23-2)12-25-18(22)15-5-3-9-20-15/h7-8,11,15,20H,3-6,9-10,12H2,1-2H3,(H,19,21)/t15-/m0/s1. The summed E-state index contributed by atoms with van der Waals surface area (Å²) in [5.41, 5.74) is 0.784. The van der Waals surface area contributed by atoms with E-state index in [1.165, 1.54) is 0 Å². The van der Waals surface area contributed by atoms with Crippen molar-refractivity contribution in [2.45, 2.75) is 38.3 Å². The van der Waals surface area contributed by atoms with Gasteiger partial charge in [0.25, 0.3) is 0 Å². The Morgan fingerprint density at radius 2 is 2.20 bits per heavy atom. The van der Waals surface area contributed by atoms with E-state index < -0.39 is 0 Å². The van der Waals surface area contributed by atoms with Gasteiger partial charge in [-0.25, -0.2) is 0 Å². The van der Waals surface area contributed by atoms with Crippen LogP contribution in [-0.2, 0) is 20.9 Å². The molecule has 25 heavy (non-hydrogen) atoms. The Labute approximate surface area is 148 Å². The lowest BCUT2D eigenvalue weighted by atomic mass is 10.2. The van der Waals surface area contributed by atoms with Crippen LogP contribution in [0.5, 0.6) is 11.5 Å². The third kappa shape index (κ3) is 5.94. The average Bonchev–Trinajstić information content (AvgIpc) is 3.18. The van der Waals surface area contributed by atoms with Crippen molar-refractivity contribution in [1.29, 1.82) is 0 Å². The summed E-state index contributed by atoms with van der Waals surface area (Å²) in [7, 11) is 3.18. The molecule has 1 aliphatic rings. The highest BCUT2D eigenvalue weighted by molar-refractivity contribution is 5.76. The molecule has 0 bridgehead atoms. The molecule has 0 unspecified atom stereocenters. The van der Waals surface area contributed by atoms with Gasteiger partial charge in [-0.1, -0.05) is 0 Å². The largest absolute Gasteiger partial charge is 0.496 e. The maximum atomic E-state index is 12.0. The summed E-state index contributed by atoms with van der Waals surface area (Å²) >= 11 is 0. The van der Waals surface area contributed by atoms with E-state index in [4.69, 9.17) is 14.2 Å². The van der Waals surface area contributed by atoms with Crippen LogP contribution in [0.3, 0.4) is 0 Å². The van der Waals surface area contributed by atoms with E-state index in [9.17, 15) is 9.59 Å². The number of amides is 1. The molecule has 0 spiro atoms. The Morgan fingerprint density at radius 1 is 1.36 bits per heavy atom. The molecule has 0 saturated carbocycles. The minimum atomic E-state index is -0.228. The second-order valence-electron chi connectivity index (χ2n) is 5.86. The summed E-state index contributed by atoms with van der Waals surface area (Å²) in [5.74, 6) is 1.03. The van der Waals surface area contributed by atoms with E-state index in [2.05, 4.69) is 10.6 Å². The van der Waals surface area contributed by atoms with Crippen LogP contribution < -0.4 is 20.1 Å². The first-order chi connectivity index (χ1) is 12.1. The number of carbonyl (C=O) groups excluding carboxylic acids is 2. The van der Waals surface area contributed by atoms with Crippen molar-refractivity contribution < 1.29 is 23.8 Å². The predicted octanol–water partition coefficient (Wildman–Crippen LogP) is 1.40. The fourth-order valence-electron chi connectivity index (χ4n) is 2.62. The number of ether oxygens (including phenoxy) is 3. The lowest BCUT2D eigenvalue weighted by Crippen LogP contribution is -2.32. The molecule has 0 aromatic heterocycles. The first kappa shape index (κ1) is 19.1. The zero-order valence-electron chi connectivity index (χ0n) is 14.8. The number of rotatable bonds is 9. The molecule has 1 amide bonds. The van der Waals surface area contributed by atoms with Gasteiger partial charge in [-0.2, -0.15) is 0 Å². The maximum absolute atomic E-state index is 12.0. The number of nitrogens with one attached hydrogen (secondary N) is 2. The molecule has 1 saturated heterocycles. The Bertz CT molecular complexity index is 585. The molecule has 1 heterocycles. The van der Waals surface area contributed by atoms with Crippen LogP contribution in [-0.4, -0.2) is 45.2 Å². The molecule has 2 N–H and O–H groups in total. The summed E-state index contributed by atoms with van der Waals surface area (Å²) in [6, 6.07) is 5.19. The van der Waals surface area contributed by atoms with Crippen molar-refractivity contribution in [2.24, 2.45) is 0 Å². The Balaban J connectivity index is 1.83. The second-order valence-corrected chi connectivity index (χ2v) is 5.86. The second kappa shape index (κ2) is 9.88. The molecule has 1 aliphatic heterocycles. The molecule has 0 aliphatic carbocycles. The van der Waals surface area contributed by atoms with E-state index in [0.717, 1.165) is 24.9 Å². The molecule has 1 atom stereocenters. The SMILES string of the molecule is CNC(=O)CCCOc1ccc(COC(=O)[C@@H]2CCCN2)c(OC)c1. The van der Waals surface area contributed by atoms with E-state index in [1.54, 1.807) is 26.3 Å². The van der Waals surface area contributed by atoms with Gasteiger partial charge in [0, 0.05) is 25.1 Å². The summed E-state index contributed by atoms with van der Waals surface area (Å²) < 4.78 is 16.3. The highest BCUT2D eigenvalue weighted by Crippen LogP contribution is 2.26. The van der Waals surface area contributed by atoms with E-state index >= 15 is 0 Å². The summed E-state index contributed by atoms with van der Waals surface area (Å²) in [6.07, 6.45) is 2.88. The molecule has 1 fully saturated rings. The van der Waals surface area contributed by atoms with Crippen LogP contribution in [0.4, 0.5) is 0 Å². The number of methoxy groups -OCH3 is 1. The summed E-state index contributed by atoms with van der Waals surface area (Å²) in [4.78, 5) is 23.1. The predicted molar refractivity (Wildman–Crippen MR) is 92.6 cm³/mol. The van der Waals surface area contributed by atoms with Gasteiger partial charge >= 0.3 is 5.97 Å². The zero-order chi connectivity index (χ0) is 18.1. The average molecular weight is 350 g/mol. The fourth-order valence-corrected chi connectivity index (χ4v) is 2.62. The van der Waals surface area contributed by atoms with Gasteiger partial charge in [-0.3, -0.25) is 9.59 Å². The molecule has 138 valence electrons. The molecule has 7 heteroatoms. The third-order valence-electron chi connectivity index (χ3n) is 4.07. The normalized spacial score (nSPS) is 16.3. The number of hydrogen-bond acceptors (Lipinski definition) is 6. The molecular weight excluding hydrogens is 324 g/mol. The highest BCUT2D eigenvalue weighted by Gasteiger charge is 2.23. The van der Waals surface area contributed by atoms with Gasteiger partial charge in [0.1, 0.15) is 24.1 Å². The van der Waals surface area contributed by atoms with Crippen LogP contribution in [0.25, 0.3) is 0 Å². The van der Waals surface area contributed by atoms with Gasteiger partial charge in [0.05, 0.1) is 13.7 Å². The van der Waals surface area contributed by atoms with E-state index in [1.807, 2.05) is 6.07 Å². The Kier molecular flexibility index (Phi) is 7.53. The maximum Gasteiger partial charge on any atom is 0.323 e. The smallest absolute Gasteiger partial charge is 0.323 e.